The molecule has 2 aliphatic rings. The summed E-state index contributed by atoms with van der Waals surface area (Å²) in [6.45, 7) is 1.67. The Morgan fingerprint density at radius 3 is 2.79 bits per heavy atom. The molecule has 2 aromatic rings. The van der Waals surface area contributed by atoms with Gasteiger partial charge in [0.2, 0.25) is 5.91 Å². The van der Waals surface area contributed by atoms with Crippen LogP contribution in [-0.2, 0) is 11.2 Å². The molecule has 1 unspecified atom stereocenters. The van der Waals surface area contributed by atoms with Crippen molar-refractivity contribution in [3.05, 3.63) is 48.0 Å². The van der Waals surface area contributed by atoms with Gasteiger partial charge in [-0.25, -0.2) is 0 Å². The molecule has 4 rings (SSSR count). The number of aromatic nitrogens is 3. The summed E-state index contributed by atoms with van der Waals surface area (Å²) < 4.78 is 2.22. The van der Waals surface area contributed by atoms with Gasteiger partial charge >= 0.3 is 0 Å². The predicted octanol–water partition coefficient (Wildman–Crippen LogP) is 2.95. The van der Waals surface area contributed by atoms with E-state index in [0.29, 0.717) is 18.4 Å². The lowest BCUT2D eigenvalue weighted by Gasteiger charge is -2.18. The van der Waals surface area contributed by atoms with Gasteiger partial charge in [-0.15, -0.1) is 10.2 Å². The lowest BCUT2D eigenvalue weighted by atomic mass is 10.1. The molecule has 0 spiro atoms. The van der Waals surface area contributed by atoms with Crippen LogP contribution in [0.5, 0.6) is 0 Å². The van der Waals surface area contributed by atoms with E-state index in [1.807, 2.05) is 17.3 Å². The third-order valence-corrected chi connectivity index (χ3v) is 5.15. The van der Waals surface area contributed by atoms with E-state index in [9.17, 15) is 4.79 Å². The van der Waals surface area contributed by atoms with Gasteiger partial charge in [0.1, 0.15) is 12.2 Å². The van der Waals surface area contributed by atoms with Crippen LogP contribution in [0, 0.1) is 0 Å². The Morgan fingerprint density at radius 2 is 2.00 bits per heavy atom. The number of aryl methyl sites for hydroxylation is 1. The molecule has 5 nitrogen and oxygen atoms in total. The van der Waals surface area contributed by atoms with Crippen molar-refractivity contribution in [2.75, 3.05) is 13.1 Å². The maximum atomic E-state index is 12.5. The third-order valence-electron chi connectivity index (χ3n) is 5.15. The summed E-state index contributed by atoms with van der Waals surface area (Å²) in [6, 6.07) is 10.7. The first kappa shape index (κ1) is 15.4. The maximum Gasteiger partial charge on any atom is 0.222 e. The van der Waals surface area contributed by atoms with E-state index in [4.69, 9.17) is 0 Å². The SMILES string of the molecule is O=C(CCCc1ccccc1)N1CCC(n2cnnc2C2CC2)C1. The fourth-order valence-electron chi connectivity index (χ4n) is 3.61. The number of nitrogens with zero attached hydrogens (tertiary/aromatic N) is 4. The van der Waals surface area contributed by atoms with Gasteiger partial charge in [0.15, 0.2) is 0 Å². The van der Waals surface area contributed by atoms with E-state index < -0.39 is 0 Å². The second-order valence-electron chi connectivity index (χ2n) is 6.99. The Morgan fingerprint density at radius 1 is 1.17 bits per heavy atom. The number of rotatable bonds is 6. The van der Waals surface area contributed by atoms with Gasteiger partial charge in [-0.2, -0.15) is 0 Å². The van der Waals surface area contributed by atoms with Crippen LogP contribution in [0.3, 0.4) is 0 Å². The fraction of sp³-hybridized carbons (Fsp3) is 0.526. The molecule has 1 saturated heterocycles. The van der Waals surface area contributed by atoms with Gasteiger partial charge in [-0.05, 0) is 37.7 Å². The first-order valence-corrected chi connectivity index (χ1v) is 9.02. The minimum absolute atomic E-state index is 0.287. The fourth-order valence-corrected chi connectivity index (χ4v) is 3.61. The molecule has 2 fully saturated rings. The summed E-state index contributed by atoms with van der Waals surface area (Å²) in [5.41, 5.74) is 1.31. The molecule has 126 valence electrons. The number of hydrogen-bond donors (Lipinski definition) is 0. The molecule has 0 N–H and O–H groups in total. The number of amides is 1. The van der Waals surface area contributed by atoms with Crippen LogP contribution in [-0.4, -0.2) is 38.7 Å². The zero-order chi connectivity index (χ0) is 16.4. The summed E-state index contributed by atoms with van der Waals surface area (Å²) in [6.07, 6.45) is 7.86. The average molecular weight is 324 g/mol. The Labute approximate surface area is 142 Å². The second-order valence-corrected chi connectivity index (χ2v) is 6.99. The van der Waals surface area contributed by atoms with Crippen molar-refractivity contribution in [1.82, 2.24) is 19.7 Å². The Hall–Kier alpha value is -2.17. The van der Waals surface area contributed by atoms with E-state index in [-0.39, 0.29) is 5.91 Å². The monoisotopic (exact) mass is 324 g/mol. The molecule has 5 heteroatoms. The predicted molar refractivity (Wildman–Crippen MR) is 91.6 cm³/mol. The quantitative estimate of drug-likeness (QED) is 0.821. The van der Waals surface area contributed by atoms with Crippen molar-refractivity contribution in [2.24, 2.45) is 0 Å². The first-order chi connectivity index (χ1) is 11.8. The minimum atomic E-state index is 0.287. The highest BCUT2D eigenvalue weighted by Gasteiger charge is 2.33. The summed E-state index contributed by atoms with van der Waals surface area (Å²) >= 11 is 0. The molecule has 1 aliphatic carbocycles. The van der Waals surface area contributed by atoms with E-state index in [0.717, 1.165) is 38.2 Å². The number of hydrogen-bond acceptors (Lipinski definition) is 3. The first-order valence-electron chi connectivity index (χ1n) is 9.02. The van der Waals surface area contributed by atoms with Crippen LogP contribution >= 0.6 is 0 Å². The van der Waals surface area contributed by atoms with Crippen LogP contribution in [0.1, 0.15) is 55.5 Å². The second kappa shape index (κ2) is 6.75. The highest BCUT2D eigenvalue weighted by Crippen LogP contribution is 2.40. The van der Waals surface area contributed by atoms with Crippen LogP contribution in [0.4, 0.5) is 0 Å². The van der Waals surface area contributed by atoms with Crippen LogP contribution in [0.15, 0.2) is 36.7 Å². The molecule has 1 atom stereocenters. The van der Waals surface area contributed by atoms with Gasteiger partial charge in [-0.3, -0.25) is 4.79 Å². The smallest absolute Gasteiger partial charge is 0.222 e. The molecule has 1 aromatic heterocycles. The van der Waals surface area contributed by atoms with Crippen LogP contribution in [0.2, 0.25) is 0 Å². The van der Waals surface area contributed by atoms with E-state index in [1.165, 1.54) is 18.4 Å². The normalized spacial score (nSPS) is 20.5. The summed E-state index contributed by atoms with van der Waals surface area (Å²) in [5, 5.41) is 8.38. The molecule has 1 saturated carbocycles. The number of carbonyl (C=O) groups excluding carboxylic acids is 1. The molecule has 0 bridgehead atoms. The van der Waals surface area contributed by atoms with Crippen LogP contribution < -0.4 is 0 Å². The zero-order valence-electron chi connectivity index (χ0n) is 14.0. The van der Waals surface area contributed by atoms with Crippen molar-refractivity contribution in [2.45, 2.75) is 50.5 Å². The molecular weight excluding hydrogens is 300 g/mol. The van der Waals surface area contributed by atoms with Crippen molar-refractivity contribution >= 4 is 5.91 Å². The minimum Gasteiger partial charge on any atom is -0.341 e. The Bertz CT molecular complexity index is 692. The largest absolute Gasteiger partial charge is 0.341 e. The molecule has 1 aromatic carbocycles. The van der Waals surface area contributed by atoms with Gasteiger partial charge in [0.25, 0.3) is 0 Å². The third kappa shape index (κ3) is 3.35. The van der Waals surface area contributed by atoms with Crippen molar-refractivity contribution in [3.8, 4) is 0 Å². The average Bonchev–Trinajstić information content (AvgIpc) is 3.13. The molecule has 0 radical (unpaired) electrons. The Balaban J connectivity index is 1.28. The highest BCUT2D eigenvalue weighted by molar-refractivity contribution is 5.76. The molecular formula is C19H24N4O. The molecule has 1 aliphatic heterocycles. The summed E-state index contributed by atoms with van der Waals surface area (Å²) in [4.78, 5) is 14.5. The van der Waals surface area contributed by atoms with Crippen molar-refractivity contribution in [3.63, 3.8) is 0 Å². The van der Waals surface area contributed by atoms with E-state index >= 15 is 0 Å². The highest BCUT2D eigenvalue weighted by atomic mass is 16.2. The van der Waals surface area contributed by atoms with Gasteiger partial charge < -0.3 is 9.47 Å². The zero-order valence-corrected chi connectivity index (χ0v) is 14.0. The van der Waals surface area contributed by atoms with E-state index in [1.54, 1.807) is 0 Å². The lowest BCUT2D eigenvalue weighted by Crippen LogP contribution is -2.29. The molecule has 2 heterocycles. The standard InChI is InChI=1S/C19H24N4O/c24-18(8-4-7-15-5-2-1-3-6-15)22-12-11-17(13-22)23-14-20-21-19(23)16-9-10-16/h1-3,5-6,14,16-17H,4,7-13H2. The van der Waals surface area contributed by atoms with Gasteiger partial charge in [0.05, 0.1) is 6.04 Å². The number of carbonyl (C=O) groups is 1. The number of benzene rings is 1. The van der Waals surface area contributed by atoms with Gasteiger partial charge in [-0.1, -0.05) is 30.3 Å². The van der Waals surface area contributed by atoms with Crippen LogP contribution in [0.25, 0.3) is 0 Å². The summed E-state index contributed by atoms with van der Waals surface area (Å²) in [7, 11) is 0. The molecule has 1 amide bonds. The van der Waals surface area contributed by atoms with Gasteiger partial charge in [0, 0.05) is 25.4 Å². The van der Waals surface area contributed by atoms with Crippen molar-refractivity contribution in [1.29, 1.82) is 0 Å². The summed E-state index contributed by atoms with van der Waals surface area (Å²) in [5.74, 6) is 2.01. The Kier molecular flexibility index (Phi) is 4.32. The molecule has 24 heavy (non-hydrogen) atoms. The lowest BCUT2D eigenvalue weighted by molar-refractivity contribution is -0.130. The van der Waals surface area contributed by atoms with Crippen molar-refractivity contribution < 1.29 is 4.79 Å². The number of likely N-dealkylation sites (tertiary alicyclic amines) is 1. The maximum absolute atomic E-state index is 12.5. The topological polar surface area (TPSA) is 51.0 Å². The van der Waals surface area contributed by atoms with E-state index in [2.05, 4.69) is 39.0 Å².